The van der Waals surface area contributed by atoms with E-state index in [9.17, 15) is 55.2 Å². The molecule has 1 aliphatic rings. The van der Waals surface area contributed by atoms with Crippen LogP contribution in [0.25, 0.3) is 12.2 Å². The number of hydrogen-bond donors (Lipinski definition) is 8. The van der Waals surface area contributed by atoms with Gasteiger partial charge in [0.1, 0.15) is 24.9 Å². The average Bonchev–Trinajstić information content (AvgIpc) is 3.03. The Bertz CT molecular complexity index is 1710. The number of esters is 2. The van der Waals surface area contributed by atoms with E-state index in [0.29, 0.717) is 5.56 Å². The van der Waals surface area contributed by atoms with Gasteiger partial charge in [-0.05, 0) is 59.7 Å². The first kappa shape index (κ1) is 34.1. The van der Waals surface area contributed by atoms with Gasteiger partial charge in [0.2, 0.25) is 12.0 Å². The van der Waals surface area contributed by atoms with Gasteiger partial charge in [-0.1, -0.05) is 18.2 Å². The van der Waals surface area contributed by atoms with Crippen LogP contribution in [-0.2, 0) is 23.8 Å². The Balaban J connectivity index is 1.56. The van der Waals surface area contributed by atoms with Gasteiger partial charge in [0.15, 0.2) is 46.4 Å². The lowest BCUT2D eigenvalue weighted by Crippen LogP contribution is -2.61. The van der Waals surface area contributed by atoms with Crippen molar-refractivity contribution < 1.29 is 74.2 Å². The first-order chi connectivity index (χ1) is 22.2. The van der Waals surface area contributed by atoms with Crippen LogP contribution in [0.2, 0.25) is 0 Å². The van der Waals surface area contributed by atoms with E-state index in [1.54, 1.807) is 0 Å². The fraction of sp³-hybridized carbons (Fsp3) is 0.219. The number of phenols is 6. The van der Waals surface area contributed by atoms with Gasteiger partial charge in [-0.15, -0.1) is 0 Å². The summed E-state index contributed by atoms with van der Waals surface area (Å²) in [5, 5.41) is 80.9. The smallest absolute Gasteiger partial charge is 0.331 e. The summed E-state index contributed by atoms with van der Waals surface area (Å²) in [6.07, 6.45) is -4.15. The molecule has 1 saturated heterocycles. The summed E-state index contributed by atoms with van der Waals surface area (Å²) in [5.41, 5.74) is 0.265. The molecule has 8 N–H and O–H groups in total. The molecule has 0 saturated carbocycles. The number of ether oxygens (including phenoxy) is 4. The van der Waals surface area contributed by atoms with Crippen LogP contribution in [0.15, 0.2) is 60.7 Å². The number of carbonyl (C=O) groups excluding carboxylic acids is 3. The maximum Gasteiger partial charge on any atom is 0.331 e. The number of aliphatic hydroxyl groups is 2. The number of rotatable bonds is 10. The Kier molecular flexibility index (Phi) is 10.6. The third-order valence-corrected chi connectivity index (χ3v) is 6.81. The van der Waals surface area contributed by atoms with Crippen molar-refractivity contribution in [2.75, 3.05) is 6.61 Å². The molecule has 47 heavy (non-hydrogen) atoms. The van der Waals surface area contributed by atoms with Crippen molar-refractivity contribution in [3.8, 4) is 40.2 Å². The van der Waals surface area contributed by atoms with Crippen LogP contribution in [0, 0.1) is 0 Å². The Labute approximate surface area is 266 Å². The molecule has 0 bridgehead atoms. The predicted molar refractivity (Wildman–Crippen MR) is 160 cm³/mol. The van der Waals surface area contributed by atoms with Crippen LogP contribution in [0.1, 0.15) is 28.4 Å². The van der Waals surface area contributed by atoms with E-state index in [0.717, 1.165) is 37.3 Å². The van der Waals surface area contributed by atoms with Gasteiger partial charge in [0, 0.05) is 13.0 Å². The average molecular weight is 655 g/mol. The van der Waals surface area contributed by atoms with Gasteiger partial charge in [0.05, 0.1) is 5.56 Å². The lowest BCUT2D eigenvalue weighted by molar-refractivity contribution is -0.282. The summed E-state index contributed by atoms with van der Waals surface area (Å²) in [5.74, 6) is -6.55. The summed E-state index contributed by atoms with van der Waals surface area (Å²) < 4.78 is 21.4. The summed E-state index contributed by atoms with van der Waals surface area (Å²) in [6, 6.07) is 9.68. The number of aromatic hydroxyl groups is 6. The molecule has 0 spiro atoms. The van der Waals surface area contributed by atoms with Crippen LogP contribution in [0.3, 0.4) is 0 Å². The van der Waals surface area contributed by atoms with E-state index in [-0.39, 0.29) is 22.6 Å². The molecule has 1 heterocycles. The normalized spacial score (nSPS) is 21.0. The molecule has 5 atom stereocenters. The summed E-state index contributed by atoms with van der Waals surface area (Å²) >= 11 is 0. The monoisotopic (exact) mass is 654 g/mol. The number of aliphatic hydroxyl groups excluding tert-OH is 2. The largest absolute Gasteiger partial charge is 0.504 e. The fourth-order valence-electron chi connectivity index (χ4n) is 4.33. The van der Waals surface area contributed by atoms with Crippen LogP contribution in [-0.4, -0.2) is 95.9 Å². The molecule has 0 aromatic heterocycles. The van der Waals surface area contributed by atoms with E-state index in [2.05, 4.69) is 0 Å². The Morgan fingerprint density at radius 2 is 1.36 bits per heavy atom. The summed E-state index contributed by atoms with van der Waals surface area (Å²) in [6.45, 7) is 0.548. The van der Waals surface area contributed by atoms with Crippen molar-refractivity contribution in [3.05, 3.63) is 77.4 Å². The minimum absolute atomic E-state index is 0.290. The first-order valence-corrected chi connectivity index (χ1v) is 13.8. The molecule has 15 nitrogen and oxygen atoms in total. The van der Waals surface area contributed by atoms with Crippen LogP contribution in [0.5, 0.6) is 40.2 Å². The molecular weight excluding hydrogens is 624 g/mol. The Morgan fingerprint density at radius 3 is 1.94 bits per heavy atom. The van der Waals surface area contributed by atoms with E-state index in [1.165, 1.54) is 42.5 Å². The van der Waals surface area contributed by atoms with Gasteiger partial charge in [-0.3, -0.25) is 9.59 Å². The maximum absolute atomic E-state index is 12.7. The zero-order chi connectivity index (χ0) is 34.4. The molecule has 3 aromatic carbocycles. The first-order valence-electron chi connectivity index (χ1n) is 13.8. The molecular formula is C32H30O15. The van der Waals surface area contributed by atoms with Crippen molar-refractivity contribution in [2.24, 2.45) is 0 Å². The number of carbonyl (C=O) groups is 3. The predicted octanol–water partition coefficient (Wildman–Crippen LogP) is 1.83. The minimum atomic E-state index is -1.88. The molecule has 3 aromatic rings. The van der Waals surface area contributed by atoms with Gasteiger partial charge >= 0.3 is 11.9 Å². The zero-order valence-electron chi connectivity index (χ0n) is 24.5. The van der Waals surface area contributed by atoms with Gasteiger partial charge in [-0.2, -0.15) is 0 Å². The second-order valence-electron chi connectivity index (χ2n) is 10.2. The lowest BCUT2D eigenvalue weighted by atomic mass is 9.99. The molecule has 4 rings (SSSR count). The van der Waals surface area contributed by atoms with E-state index >= 15 is 0 Å². The highest BCUT2D eigenvalue weighted by Gasteiger charge is 2.48. The highest BCUT2D eigenvalue weighted by Crippen LogP contribution is 2.40. The number of phenolic OH excluding ortho intramolecular Hbond substituents is 6. The van der Waals surface area contributed by atoms with Crippen LogP contribution in [0.4, 0.5) is 0 Å². The summed E-state index contributed by atoms with van der Waals surface area (Å²) in [7, 11) is 0. The summed E-state index contributed by atoms with van der Waals surface area (Å²) in [4.78, 5) is 36.7. The Morgan fingerprint density at radius 1 is 0.766 bits per heavy atom. The van der Waals surface area contributed by atoms with Crippen molar-refractivity contribution in [2.45, 2.75) is 37.6 Å². The second kappa shape index (κ2) is 14.6. The quantitative estimate of drug-likeness (QED) is 0.0672. The molecule has 0 unspecified atom stereocenters. The van der Waals surface area contributed by atoms with Crippen LogP contribution >= 0.6 is 0 Å². The van der Waals surface area contributed by atoms with Crippen molar-refractivity contribution in [1.82, 2.24) is 0 Å². The minimum Gasteiger partial charge on any atom is -0.504 e. The highest BCUT2D eigenvalue weighted by molar-refractivity contribution is 6.09. The molecule has 0 aliphatic carbocycles. The maximum atomic E-state index is 12.7. The molecule has 0 amide bonds. The number of ketones is 1. The third kappa shape index (κ3) is 8.29. The fourth-order valence-corrected chi connectivity index (χ4v) is 4.33. The van der Waals surface area contributed by atoms with Crippen LogP contribution < -0.4 is 4.74 Å². The van der Waals surface area contributed by atoms with Gasteiger partial charge < -0.3 is 59.8 Å². The highest BCUT2D eigenvalue weighted by atomic mass is 16.7. The Hall–Kier alpha value is -5.77. The third-order valence-electron chi connectivity index (χ3n) is 6.81. The molecule has 0 radical (unpaired) electrons. The zero-order valence-corrected chi connectivity index (χ0v) is 24.5. The van der Waals surface area contributed by atoms with Crippen molar-refractivity contribution >= 4 is 29.9 Å². The van der Waals surface area contributed by atoms with Crippen molar-refractivity contribution in [3.63, 3.8) is 0 Å². The second-order valence-corrected chi connectivity index (χ2v) is 10.2. The van der Waals surface area contributed by atoms with Crippen molar-refractivity contribution in [1.29, 1.82) is 0 Å². The number of allylic oxidation sites excluding steroid dienone is 1. The molecule has 248 valence electrons. The van der Waals surface area contributed by atoms with Gasteiger partial charge in [-0.25, -0.2) is 4.79 Å². The topological polar surface area (TPSA) is 250 Å². The van der Waals surface area contributed by atoms with E-state index in [1.807, 2.05) is 0 Å². The number of hydrogen-bond acceptors (Lipinski definition) is 15. The van der Waals surface area contributed by atoms with E-state index in [4.69, 9.17) is 18.9 Å². The molecule has 15 heteroatoms. The van der Waals surface area contributed by atoms with E-state index < -0.39 is 83.8 Å². The lowest BCUT2D eigenvalue weighted by Gasteiger charge is -2.41. The molecule has 1 aliphatic heterocycles. The molecule has 1 fully saturated rings. The standard InChI is InChI=1S/C32H30O15/c1-15(33)44-14-25-29(42)30(43)31(47-26(39)11-5-17-4-9-21(36)23(38)13-17)32(46-25)45-24-10-6-18(27(40)28(24)41)19(34)7-2-16-3-8-20(35)22(37)12-16/h2-13,25,29-32,35-38,40-43H,14H2,1H3/t25-,29-,30+,31-,32-/m0/s1. The van der Waals surface area contributed by atoms with Gasteiger partial charge in [0.25, 0.3) is 0 Å². The SMILES string of the molecule is CC(=O)OC[C@@H]1O[C@H](Oc2ccc(C(=O)C=Cc3ccc(O)c(O)c3)c(O)c2O)[C@@H](OC(=O)C=Cc2ccc(O)c(O)c2)[C@H](O)[C@H]1O. The number of benzene rings is 3.